The van der Waals surface area contributed by atoms with E-state index in [0.29, 0.717) is 16.5 Å². The van der Waals surface area contributed by atoms with Crippen molar-refractivity contribution in [3.8, 4) is 17.2 Å². The molecule has 9 heteroatoms. The largest absolute Gasteiger partial charge is 0.508 e. The van der Waals surface area contributed by atoms with Crippen molar-refractivity contribution >= 4 is 44.5 Å². The van der Waals surface area contributed by atoms with E-state index in [0.717, 1.165) is 11.3 Å². The van der Waals surface area contributed by atoms with Crippen molar-refractivity contribution in [2.45, 2.75) is 6.42 Å². The van der Waals surface area contributed by atoms with Crippen LogP contribution in [0.5, 0.6) is 17.2 Å². The summed E-state index contributed by atoms with van der Waals surface area (Å²) in [5.74, 6) is -2.05. The van der Waals surface area contributed by atoms with Crippen LogP contribution in [-0.4, -0.2) is 37.7 Å². The van der Waals surface area contributed by atoms with Gasteiger partial charge in [0.15, 0.2) is 16.6 Å². The van der Waals surface area contributed by atoms with Gasteiger partial charge in [-0.05, 0) is 41.5 Å². The number of aldehydes is 1. The number of thiazole rings is 1. The van der Waals surface area contributed by atoms with Gasteiger partial charge in [-0.15, -0.1) is 0 Å². The van der Waals surface area contributed by atoms with Gasteiger partial charge in [0.1, 0.15) is 17.7 Å². The second kappa shape index (κ2) is 7.34. The molecule has 0 bridgehead atoms. The van der Waals surface area contributed by atoms with Gasteiger partial charge in [0.25, 0.3) is 0 Å². The first-order valence-electron chi connectivity index (χ1n) is 7.68. The van der Waals surface area contributed by atoms with E-state index in [-0.39, 0.29) is 39.9 Å². The maximum absolute atomic E-state index is 11.8. The number of nitrogens with zero attached hydrogens (tertiary/aromatic N) is 1. The van der Waals surface area contributed by atoms with Gasteiger partial charge < -0.3 is 30.5 Å². The van der Waals surface area contributed by atoms with Gasteiger partial charge in [0, 0.05) is 6.42 Å². The van der Waals surface area contributed by atoms with Crippen molar-refractivity contribution in [2.24, 2.45) is 0 Å². The molecule has 1 heterocycles. The Morgan fingerprint density at radius 1 is 1.11 bits per heavy atom. The number of carboxylic acid groups (broad SMARTS) is 1. The smallest absolute Gasteiger partial charge is 0.352 e. The number of rotatable bonds is 6. The zero-order valence-corrected chi connectivity index (χ0v) is 14.5. The zero-order valence-electron chi connectivity index (χ0n) is 13.7. The molecule has 0 spiro atoms. The number of nitrogens with one attached hydrogen (secondary N) is 1. The highest BCUT2D eigenvalue weighted by atomic mass is 32.1. The molecule has 5 N–H and O–H groups in total. The van der Waals surface area contributed by atoms with Crippen LogP contribution in [-0.2, 0) is 9.59 Å². The molecule has 2 aromatic carbocycles. The van der Waals surface area contributed by atoms with E-state index in [1.54, 1.807) is 6.07 Å². The minimum atomic E-state index is -1.32. The lowest BCUT2D eigenvalue weighted by Gasteiger charge is -2.12. The van der Waals surface area contributed by atoms with E-state index in [9.17, 15) is 30.0 Å². The molecule has 3 aromatic rings. The zero-order chi connectivity index (χ0) is 19.6. The molecule has 3 rings (SSSR count). The quantitative estimate of drug-likeness (QED) is 0.247. The van der Waals surface area contributed by atoms with Gasteiger partial charge in [0.2, 0.25) is 0 Å². The first-order chi connectivity index (χ1) is 12.9. The number of fused-ring (bicyclic) bond motifs is 1. The lowest BCUT2D eigenvalue weighted by atomic mass is 10.00. The molecule has 0 aliphatic heterocycles. The van der Waals surface area contributed by atoms with Crippen molar-refractivity contribution < 1.29 is 30.0 Å². The number of aromatic nitrogens is 1. The molecule has 0 radical (unpaired) electrons. The third-order valence-corrected chi connectivity index (χ3v) is 4.66. The first kappa shape index (κ1) is 18.2. The second-order valence-electron chi connectivity index (χ2n) is 5.53. The van der Waals surface area contributed by atoms with E-state index in [2.05, 4.69) is 10.3 Å². The van der Waals surface area contributed by atoms with Gasteiger partial charge in [-0.2, -0.15) is 0 Å². The standard InChI is InChI=1S/C18H14N2O6S/c21-6-5-11(9-1-4-13(23)14(24)7-9)16(17(25)26)20-18-19-12-3-2-10(22)8-15(12)27-18/h1-4,6-8,22-24H,5H2,(H,19,20)(H,25,26)/b16-11+. The predicted molar refractivity (Wildman–Crippen MR) is 99.9 cm³/mol. The fourth-order valence-electron chi connectivity index (χ4n) is 2.49. The lowest BCUT2D eigenvalue weighted by molar-refractivity contribution is -0.132. The van der Waals surface area contributed by atoms with Crippen LogP contribution in [0, 0.1) is 0 Å². The van der Waals surface area contributed by atoms with Crippen LogP contribution < -0.4 is 5.32 Å². The van der Waals surface area contributed by atoms with E-state index < -0.39 is 11.7 Å². The Balaban J connectivity index is 2.09. The monoisotopic (exact) mass is 386 g/mol. The average Bonchev–Trinajstić information content (AvgIpc) is 3.02. The summed E-state index contributed by atoms with van der Waals surface area (Å²) in [6, 6.07) is 8.35. The third-order valence-electron chi connectivity index (χ3n) is 3.73. The number of aromatic hydroxyl groups is 3. The highest BCUT2D eigenvalue weighted by Gasteiger charge is 2.19. The summed E-state index contributed by atoms with van der Waals surface area (Å²) in [5.41, 5.74) is 0.677. The SMILES string of the molecule is O=CC/C(=C(\Nc1nc2ccc(O)cc2s1)C(=O)O)c1ccc(O)c(O)c1. The second-order valence-corrected chi connectivity index (χ2v) is 6.56. The normalized spacial score (nSPS) is 11.9. The summed E-state index contributed by atoms with van der Waals surface area (Å²) in [6.07, 6.45) is 0.310. The highest BCUT2D eigenvalue weighted by molar-refractivity contribution is 7.22. The predicted octanol–water partition coefficient (Wildman–Crippen LogP) is 2.91. The molecule has 8 nitrogen and oxygen atoms in total. The fraction of sp³-hybridized carbons (Fsp3) is 0.0556. The van der Waals surface area contributed by atoms with E-state index >= 15 is 0 Å². The molecule has 138 valence electrons. The molecular formula is C18H14N2O6S. The maximum atomic E-state index is 11.8. The minimum Gasteiger partial charge on any atom is -0.508 e. The van der Waals surface area contributed by atoms with Crippen molar-refractivity contribution in [1.82, 2.24) is 4.98 Å². The van der Waals surface area contributed by atoms with E-state index in [1.165, 1.54) is 30.3 Å². The number of carbonyl (C=O) groups excluding carboxylic acids is 1. The van der Waals surface area contributed by atoms with Crippen molar-refractivity contribution in [2.75, 3.05) is 5.32 Å². The number of carboxylic acids is 1. The Hall–Kier alpha value is -3.59. The Labute approximate surface area is 156 Å². The van der Waals surface area contributed by atoms with Crippen LogP contribution in [0.25, 0.3) is 15.8 Å². The number of phenolic OH excluding ortho intramolecular Hbond substituents is 3. The molecular weight excluding hydrogens is 372 g/mol. The minimum absolute atomic E-state index is 0.0629. The summed E-state index contributed by atoms with van der Waals surface area (Å²) < 4.78 is 0.654. The summed E-state index contributed by atoms with van der Waals surface area (Å²) in [7, 11) is 0. The average molecular weight is 386 g/mol. The number of benzene rings is 2. The number of phenols is 3. The molecule has 0 fully saturated rings. The molecule has 0 saturated heterocycles. The Morgan fingerprint density at radius 3 is 2.56 bits per heavy atom. The molecule has 0 saturated carbocycles. The molecule has 1 aromatic heterocycles. The molecule has 0 aliphatic rings. The maximum Gasteiger partial charge on any atom is 0.352 e. The summed E-state index contributed by atoms with van der Waals surface area (Å²) in [5, 5.41) is 41.3. The Bertz CT molecular complexity index is 1070. The molecule has 27 heavy (non-hydrogen) atoms. The van der Waals surface area contributed by atoms with Gasteiger partial charge in [-0.25, -0.2) is 9.78 Å². The topological polar surface area (TPSA) is 140 Å². The van der Waals surface area contributed by atoms with Crippen molar-refractivity contribution in [3.05, 3.63) is 47.7 Å². The van der Waals surface area contributed by atoms with Crippen molar-refractivity contribution in [1.29, 1.82) is 0 Å². The number of hydrogen-bond acceptors (Lipinski definition) is 8. The summed E-state index contributed by atoms with van der Waals surface area (Å²) in [6.45, 7) is 0. The molecule has 0 atom stereocenters. The Morgan fingerprint density at radius 2 is 1.89 bits per heavy atom. The van der Waals surface area contributed by atoms with Gasteiger partial charge in [-0.3, -0.25) is 0 Å². The molecule has 0 aliphatic carbocycles. The number of hydrogen-bond donors (Lipinski definition) is 5. The third kappa shape index (κ3) is 3.82. The first-order valence-corrected chi connectivity index (χ1v) is 8.49. The number of carbonyl (C=O) groups is 2. The van der Waals surface area contributed by atoms with E-state index in [4.69, 9.17) is 0 Å². The van der Waals surface area contributed by atoms with Crippen LogP contribution in [0.3, 0.4) is 0 Å². The molecule has 0 amide bonds. The van der Waals surface area contributed by atoms with Crippen LogP contribution in [0.1, 0.15) is 12.0 Å². The van der Waals surface area contributed by atoms with Gasteiger partial charge in [0.05, 0.1) is 10.2 Å². The van der Waals surface area contributed by atoms with Crippen LogP contribution in [0.2, 0.25) is 0 Å². The number of aliphatic carboxylic acids is 1. The fourth-order valence-corrected chi connectivity index (χ4v) is 3.39. The van der Waals surface area contributed by atoms with Crippen molar-refractivity contribution in [3.63, 3.8) is 0 Å². The number of anilines is 1. The van der Waals surface area contributed by atoms with Crippen LogP contribution in [0.4, 0.5) is 5.13 Å². The van der Waals surface area contributed by atoms with Gasteiger partial charge >= 0.3 is 5.97 Å². The van der Waals surface area contributed by atoms with E-state index in [1.807, 2.05) is 0 Å². The molecule has 0 unspecified atom stereocenters. The lowest BCUT2D eigenvalue weighted by Crippen LogP contribution is -2.13. The highest BCUT2D eigenvalue weighted by Crippen LogP contribution is 2.33. The summed E-state index contributed by atoms with van der Waals surface area (Å²) in [4.78, 5) is 27.2. The Kier molecular flexibility index (Phi) is 4.95. The van der Waals surface area contributed by atoms with Gasteiger partial charge in [-0.1, -0.05) is 17.4 Å². The summed E-state index contributed by atoms with van der Waals surface area (Å²) >= 11 is 1.14. The van der Waals surface area contributed by atoms with Crippen LogP contribution >= 0.6 is 11.3 Å². The number of allylic oxidation sites excluding steroid dienone is 1. The van der Waals surface area contributed by atoms with Crippen LogP contribution in [0.15, 0.2) is 42.1 Å².